The average molecular weight is 295 g/mol. The van der Waals surface area contributed by atoms with Crippen molar-refractivity contribution < 1.29 is 4.79 Å². The van der Waals surface area contributed by atoms with Gasteiger partial charge in [-0.25, -0.2) is 0 Å². The van der Waals surface area contributed by atoms with Crippen molar-refractivity contribution >= 4 is 17.2 Å². The Balaban J connectivity index is 1.95. The monoisotopic (exact) mass is 295 g/mol. The molecule has 2 aromatic rings. The number of amides is 1. The zero-order chi connectivity index (χ0) is 15.1. The Morgan fingerprint density at radius 2 is 2.00 bits per heavy atom. The van der Waals surface area contributed by atoms with Crippen molar-refractivity contribution in [2.75, 3.05) is 6.54 Å². The van der Waals surface area contributed by atoms with E-state index < -0.39 is 0 Å². The van der Waals surface area contributed by atoms with Crippen LogP contribution in [0, 0.1) is 23.2 Å². The maximum atomic E-state index is 12.0. The smallest absolute Gasteiger partial charge is 0.261 e. The molecule has 1 heterocycles. The topological polar surface area (TPSA) is 78.9 Å². The van der Waals surface area contributed by atoms with E-state index in [9.17, 15) is 4.79 Å². The number of carbonyl (C=O) groups excluding carboxylic acids is 1. The Bertz CT molecular complexity index is 729. The first-order valence-electron chi connectivity index (χ1n) is 6.29. The van der Waals surface area contributed by atoms with E-state index in [-0.39, 0.29) is 5.91 Å². The molecule has 0 spiro atoms. The molecule has 2 rings (SSSR count). The molecule has 0 aliphatic carbocycles. The number of nitrogens with two attached hydrogens (primary N) is 1. The SMILES string of the molecule is N#Cc1ccc(CNC(=O)c2ccc(C#CCN)s2)cc1. The fourth-order valence-corrected chi connectivity index (χ4v) is 2.43. The molecule has 0 fully saturated rings. The highest BCUT2D eigenvalue weighted by Gasteiger charge is 2.08. The summed E-state index contributed by atoms with van der Waals surface area (Å²) in [5, 5.41) is 11.6. The first-order chi connectivity index (χ1) is 10.2. The van der Waals surface area contributed by atoms with Gasteiger partial charge in [0, 0.05) is 6.54 Å². The predicted molar refractivity (Wildman–Crippen MR) is 82.6 cm³/mol. The number of hydrogen-bond acceptors (Lipinski definition) is 4. The lowest BCUT2D eigenvalue weighted by Crippen LogP contribution is -2.21. The first-order valence-corrected chi connectivity index (χ1v) is 7.10. The molecule has 5 heteroatoms. The van der Waals surface area contributed by atoms with Crippen molar-refractivity contribution in [3.63, 3.8) is 0 Å². The van der Waals surface area contributed by atoms with Gasteiger partial charge in [0.25, 0.3) is 5.91 Å². The van der Waals surface area contributed by atoms with Crippen molar-refractivity contribution in [1.82, 2.24) is 5.32 Å². The molecule has 0 aliphatic heterocycles. The van der Waals surface area contributed by atoms with Crippen LogP contribution in [0.25, 0.3) is 0 Å². The van der Waals surface area contributed by atoms with Crippen LogP contribution >= 0.6 is 11.3 Å². The van der Waals surface area contributed by atoms with Gasteiger partial charge in [-0.05, 0) is 29.8 Å². The lowest BCUT2D eigenvalue weighted by atomic mass is 10.1. The second-order valence-electron chi connectivity index (χ2n) is 4.16. The number of nitrogens with zero attached hydrogens (tertiary/aromatic N) is 1. The van der Waals surface area contributed by atoms with Gasteiger partial charge in [-0.2, -0.15) is 5.26 Å². The Kier molecular flexibility index (Phi) is 5.11. The van der Waals surface area contributed by atoms with Crippen LogP contribution in [0.3, 0.4) is 0 Å². The Morgan fingerprint density at radius 1 is 1.24 bits per heavy atom. The first kappa shape index (κ1) is 14.8. The molecular formula is C16H13N3OS. The lowest BCUT2D eigenvalue weighted by molar-refractivity contribution is 0.0955. The fourth-order valence-electron chi connectivity index (χ4n) is 1.63. The molecule has 0 saturated carbocycles. The van der Waals surface area contributed by atoms with Crippen molar-refractivity contribution in [2.45, 2.75) is 6.54 Å². The molecule has 0 atom stereocenters. The Morgan fingerprint density at radius 3 is 2.67 bits per heavy atom. The second kappa shape index (κ2) is 7.25. The van der Waals surface area contributed by atoms with Crippen molar-refractivity contribution in [1.29, 1.82) is 5.26 Å². The van der Waals surface area contributed by atoms with Gasteiger partial charge in [0.05, 0.1) is 27.9 Å². The minimum Gasteiger partial charge on any atom is -0.347 e. The number of nitrogens with one attached hydrogen (secondary N) is 1. The molecule has 21 heavy (non-hydrogen) atoms. The van der Waals surface area contributed by atoms with E-state index in [0.29, 0.717) is 23.5 Å². The number of nitriles is 1. The zero-order valence-electron chi connectivity index (χ0n) is 11.2. The molecule has 4 nitrogen and oxygen atoms in total. The number of rotatable bonds is 3. The predicted octanol–water partition coefficient (Wildman–Crippen LogP) is 1.86. The summed E-state index contributed by atoms with van der Waals surface area (Å²) in [4.78, 5) is 13.4. The highest BCUT2D eigenvalue weighted by atomic mass is 32.1. The van der Waals surface area contributed by atoms with Crippen LogP contribution in [0.2, 0.25) is 0 Å². The van der Waals surface area contributed by atoms with Crippen LogP contribution in [-0.2, 0) is 6.54 Å². The Hall–Kier alpha value is -2.60. The van der Waals surface area contributed by atoms with Gasteiger partial charge < -0.3 is 11.1 Å². The van der Waals surface area contributed by atoms with Crippen molar-refractivity contribution in [3.8, 4) is 17.9 Å². The van der Waals surface area contributed by atoms with Crippen LogP contribution < -0.4 is 11.1 Å². The summed E-state index contributed by atoms with van der Waals surface area (Å²) >= 11 is 1.34. The number of hydrogen-bond donors (Lipinski definition) is 2. The molecular weight excluding hydrogens is 282 g/mol. The summed E-state index contributed by atoms with van der Waals surface area (Å²) in [5.74, 6) is 5.52. The van der Waals surface area contributed by atoms with Crippen LogP contribution in [0.4, 0.5) is 0 Å². The van der Waals surface area contributed by atoms with Crippen LogP contribution in [0.1, 0.15) is 25.7 Å². The normalized spacial score (nSPS) is 9.33. The summed E-state index contributed by atoms with van der Waals surface area (Å²) in [5.41, 5.74) is 6.86. The molecule has 0 aliphatic rings. The fraction of sp³-hybridized carbons (Fsp3) is 0.125. The third-order valence-corrected chi connectivity index (χ3v) is 3.68. The standard InChI is InChI=1S/C16H13N3OS/c17-9-1-2-14-7-8-15(21-14)16(20)19-11-13-5-3-12(10-18)4-6-13/h3-8H,9,11,17H2,(H,19,20). The average Bonchev–Trinajstić information content (AvgIpc) is 3.00. The van der Waals surface area contributed by atoms with Gasteiger partial charge in [0.15, 0.2) is 0 Å². The maximum Gasteiger partial charge on any atom is 0.261 e. The zero-order valence-corrected chi connectivity index (χ0v) is 12.0. The van der Waals surface area contributed by atoms with Gasteiger partial charge in [-0.15, -0.1) is 11.3 Å². The van der Waals surface area contributed by atoms with Gasteiger partial charge in [0.2, 0.25) is 0 Å². The molecule has 104 valence electrons. The van der Waals surface area contributed by atoms with Crippen molar-refractivity contribution in [3.05, 3.63) is 57.3 Å². The Labute approximate surface area is 127 Å². The minimum atomic E-state index is -0.134. The number of thiophene rings is 1. The third kappa shape index (κ3) is 4.19. The van der Waals surface area contributed by atoms with E-state index in [4.69, 9.17) is 11.0 Å². The molecule has 1 aromatic carbocycles. The van der Waals surface area contributed by atoms with Gasteiger partial charge in [-0.1, -0.05) is 24.0 Å². The number of benzene rings is 1. The highest BCUT2D eigenvalue weighted by Crippen LogP contribution is 2.15. The molecule has 0 radical (unpaired) electrons. The summed E-state index contributed by atoms with van der Waals surface area (Å²) in [7, 11) is 0. The van der Waals surface area contributed by atoms with Crippen LogP contribution in [-0.4, -0.2) is 12.5 Å². The van der Waals surface area contributed by atoms with Crippen molar-refractivity contribution in [2.24, 2.45) is 5.73 Å². The molecule has 0 bridgehead atoms. The van der Waals surface area contributed by atoms with E-state index in [1.807, 2.05) is 18.2 Å². The summed E-state index contributed by atoms with van der Waals surface area (Å²) < 4.78 is 0. The lowest BCUT2D eigenvalue weighted by Gasteiger charge is -2.03. The summed E-state index contributed by atoms with van der Waals surface area (Å²) in [6, 6.07) is 12.7. The van der Waals surface area contributed by atoms with E-state index >= 15 is 0 Å². The van der Waals surface area contributed by atoms with Gasteiger partial charge in [-0.3, -0.25) is 4.79 Å². The van der Waals surface area contributed by atoms with E-state index in [1.54, 1.807) is 18.2 Å². The molecule has 0 saturated heterocycles. The maximum absolute atomic E-state index is 12.0. The van der Waals surface area contributed by atoms with E-state index in [2.05, 4.69) is 23.2 Å². The molecule has 1 amide bonds. The quantitative estimate of drug-likeness (QED) is 0.848. The highest BCUT2D eigenvalue weighted by molar-refractivity contribution is 7.14. The summed E-state index contributed by atoms with van der Waals surface area (Å²) in [6.07, 6.45) is 0. The molecule has 0 unspecified atom stereocenters. The van der Waals surface area contributed by atoms with Gasteiger partial charge >= 0.3 is 0 Å². The minimum absolute atomic E-state index is 0.134. The van der Waals surface area contributed by atoms with E-state index in [1.165, 1.54) is 11.3 Å². The molecule has 1 aromatic heterocycles. The largest absolute Gasteiger partial charge is 0.347 e. The third-order valence-electron chi connectivity index (χ3n) is 2.68. The van der Waals surface area contributed by atoms with Crippen LogP contribution in [0.5, 0.6) is 0 Å². The van der Waals surface area contributed by atoms with Gasteiger partial charge in [0.1, 0.15) is 0 Å². The number of carbonyl (C=O) groups is 1. The second-order valence-corrected chi connectivity index (χ2v) is 5.24. The summed E-state index contributed by atoms with van der Waals surface area (Å²) in [6.45, 7) is 0.727. The molecule has 3 N–H and O–H groups in total. The van der Waals surface area contributed by atoms with E-state index in [0.717, 1.165) is 10.4 Å². The van der Waals surface area contributed by atoms with Crippen LogP contribution in [0.15, 0.2) is 36.4 Å².